The topological polar surface area (TPSA) is 64.2 Å². The molecule has 0 aliphatic rings. The van der Waals surface area contributed by atoms with Crippen molar-refractivity contribution in [2.45, 2.75) is 26.1 Å². The zero-order valence-electron chi connectivity index (χ0n) is 15.0. The number of benzene rings is 2. The van der Waals surface area contributed by atoms with Gasteiger partial charge in [0.1, 0.15) is 6.04 Å². The van der Waals surface area contributed by atoms with Crippen LogP contribution in [-0.2, 0) is 11.3 Å². The van der Waals surface area contributed by atoms with Crippen molar-refractivity contribution >= 4 is 17.5 Å². The van der Waals surface area contributed by atoms with E-state index in [1.807, 2.05) is 36.5 Å². The van der Waals surface area contributed by atoms with Crippen molar-refractivity contribution in [3.63, 3.8) is 0 Å². The second-order valence-corrected chi connectivity index (χ2v) is 6.30. The molecular formula is C19H22ClF2N2O3+. The molecule has 0 aliphatic heterocycles. The van der Waals surface area contributed by atoms with E-state index in [1.54, 1.807) is 12.1 Å². The Labute approximate surface area is 161 Å². The number of ether oxygens (including phenoxy) is 2. The zero-order valence-corrected chi connectivity index (χ0v) is 15.8. The van der Waals surface area contributed by atoms with Gasteiger partial charge in [-0.3, -0.25) is 4.79 Å². The number of carbonyl (C=O) groups is 1. The number of amides is 1. The minimum absolute atomic E-state index is 0.0373. The summed E-state index contributed by atoms with van der Waals surface area (Å²) < 4.78 is 34.1. The first-order valence-electron chi connectivity index (χ1n) is 8.37. The van der Waals surface area contributed by atoms with Gasteiger partial charge in [0, 0.05) is 17.1 Å². The summed E-state index contributed by atoms with van der Waals surface area (Å²) in [7, 11) is 1.36. The van der Waals surface area contributed by atoms with E-state index in [9.17, 15) is 13.6 Å². The van der Waals surface area contributed by atoms with E-state index < -0.39 is 6.61 Å². The molecule has 0 bridgehead atoms. The summed E-state index contributed by atoms with van der Waals surface area (Å²) in [6.07, 6.45) is 0. The summed E-state index contributed by atoms with van der Waals surface area (Å²) in [4.78, 5) is 12.1. The lowest BCUT2D eigenvalue weighted by Gasteiger charge is -2.13. The van der Waals surface area contributed by atoms with E-state index in [1.165, 1.54) is 13.2 Å². The Hall–Kier alpha value is -2.38. The Kier molecular flexibility index (Phi) is 7.82. The maximum atomic E-state index is 12.3. The quantitative estimate of drug-likeness (QED) is 0.681. The summed E-state index contributed by atoms with van der Waals surface area (Å²) in [5.74, 6) is -0.0220. The minimum atomic E-state index is -2.93. The minimum Gasteiger partial charge on any atom is -0.493 e. The lowest BCUT2D eigenvalue weighted by atomic mass is 10.1. The van der Waals surface area contributed by atoms with Crippen molar-refractivity contribution in [1.82, 2.24) is 5.32 Å². The van der Waals surface area contributed by atoms with Gasteiger partial charge in [0.25, 0.3) is 5.91 Å². The Morgan fingerprint density at radius 1 is 1.22 bits per heavy atom. The number of quaternary nitrogens is 1. The molecule has 0 unspecified atom stereocenters. The molecule has 0 saturated carbocycles. The van der Waals surface area contributed by atoms with Crippen LogP contribution in [0.15, 0.2) is 42.5 Å². The van der Waals surface area contributed by atoms with Crippen LogP contribution in [0.1, 0.15) is 24.1 Å². The normalized spacial score (nSPS) is 11.9. The molecule has 0 heterocycles. The molecule has 27 heavy (non-hydrogen) atoms. The zero-order chi connectivity index (χ0) is 19.8. The number of rotatable bonds is 9. The molecular weight excluding hydrogens is 378 g/mol. The SMILES string of the molecule is COc1cc(CNC(=O)C[NH2+][C@H](C)c2ccccc2Cl)ccc1OC(F)F. The third-order valence-corrected chi connectivity index (χ3v) is 4.33. The molecule has 2 aromatic rings. The van der Waals surface area contributed by atoms with Gasteiger partial charge in [-0.05, 0) is 30.7 Å². The van der Waals surface area contributed by atoms with Crippen molar-refractivity contribution in [2.75, 3.05) is 13.7 Å². The van der Waals surface area contributed by atoms with Gasteiger partial charge in [-0.1, -0.05) is 35.9 Å². The summed E-state index contributed by atoms with van der Waals surface area (Å²) in [6, 6.07) is 12.1. The first kappa shape index (κ1) is 20.9. The molecule has 0 spiro atoms. The molecule has 1 atom stereocenters. The highest BCUT2D eigenvalue weighted by molar-refractivity contribution is 6.31. The number of nitrogens with two attached hydrogens (primary N) is 1. The fourth-order valence-electron chi connectivity index (χ4n) is 2.54. The lowest BCUT2D eigenvalue weighted by molar-refractivity contribution is -0.682. The van der Waals surface area contributed by atoms with Crippen molar-refractivity contribution in [2.24, 2.45) is 0 Å². The van der Waals surface area contributed by atoms with Crippen molar-refractivity contribution < 1.29 is 28.4 Å². The molecule has 0 saturated heterocycles. The van der Waals surface area contributed by atoms with E-state index in [4.69, 9.17) is 16.3 Å². The van der Waals surface area contributed by atoms with Gasteiger partial charge < -0.3 is 20.1 Å². The number of halogens is 3. The maximum Gasteiger partial charge on any atom is 0.387 e. The number of hydrogen-bond donors (Lipinski definition) is 2. The fraction of sp³-hybridized carbons (Fsp3) is 0.316. The smallest absolute Gasteiger partial charge is 0.387 e. The Balaban J connectivity index is 1.85. The summed E-state index contributed by atoms with van der Waals surface area (Å²) in [6.45, 7) is -0.476. The number of nitrogens with one attached hydrogen (secondary N) is 1. The molecule has 3 N–H and O–H groups in total. The third-order valence-electron chi connectivity index (χ3n) is 3.99. The highest BCUT2D eigenvalue weighted by atomic mass is 35.5. The van der Waals surface area contributed by atoms with Crippen LogP contribution in [0, 0.1) is 0 Å². The van der Waals surface area contributed by atoms with Gasteiger partial charge >= 0.3 is 6.61 Å². The predicted octanol–water partition coefficient (Wildman–Crippen LogP) is 2.89. The molecule has 0 fully saturated rings. The molecule has 2 aromatic carbocycles. The largest absolute Gasteiger partial charge is 0.493 e. The monoisotopic (exact) mass is 399 g/mol. The summed E-state index contributed by atoms with van der Waals surface area (Å²) >= 11 is 6.16. The van der Waals surface area contributed by atoms with Crippen LogP contribution in [0.2, 0.25) is 5.02 Å². The summed E-state index contributed by atoms with van der Waals surface area (Å²) in [5.41, 5.74) is 1.67. The maximum absolute atomic E-state index is 12.3. The second kappa shape index (κ2) is 10.1. The van der Waals surface area contributed by atoms with Gasteiger partial charge in [-0.15, -0.1) is 0 Å². The number of alkyl halides is 2. The molecule has 5 nitrogen and oxygen atoms in total. The van der Waals surface area contributed by atoms with E-state index >= 15 is 0 Å². The fourth-order valence-corrected chi connectivity index (χ4v) is 2.85. The first-order valence-corrected chi connectivity index (χ1v) is 8.74. The van der Waals surface area contributed by atoms with Gasteiger partial charge in [0.15, 0.2) is 18.0 Å². The Bertz CT molecular complexity index is 774. The average molecular weight is 400 g/mol. The molecule has 8 heteroatoms. The van der Waals surface area contributed by atoms with E-state index in [-0.39, 0.29) is 36.5 Å². The number of methoxy groups -OCH3 is 1. The van der Waals surface area contributed by atoms with E-state index in [0.29, 0.717) is 10.6 Å². The van der Waals surface area contributed by atoms with Gasteiger partial charge in [0.2, 0.25) is 0 Å². The molecule has 1 amide bonds. The Morgan fingerprint density at radius 2 is 1.96 bits per heavy atom. The highest BCUT2D eigenvalue weighted by Crippen LogP contribution is 2.29. The van der Waals surface area contributed by atoms with Crippen molar-refractivity contribution in [3.8, 4) is 11.5 Å². The highest BCUT2D eigenvalue weighted by Gasteiger charge is 2.15. The molecule has 146 valence electrons. The Morgan fingerprint density at radius 3 is 2.63 bits per heavy atom. The van der Waals surface area contributed by atoms with Crippen LogP contribution in [0.25, 0.3) is 0 Å². The van der Waals surface area contributed by atoms with Gasteiger partial charge in [-0.25, -0.2) is 0 Å². The van der Waals surface area contributed by atoms with Gasteiger partial charge in [-0.2, -0.15) is 8.78 Å². The molecule has 2 rings (SSSR count). The first-order chi connectivity index (χ1) is 12.9. The lowest BCUT2D eigenvalue weighted by Crippen LogP contribution is -2.87. The van der Waals surface area contributed by atoms with Crippen LogP contribution < -0.4 is 20.1 Å². The van der Waals surface area contributed by atoms with Crippen LogP contribution in [-0.4, -0.2) is 26.2 Å². The summed E-state index contributed by atoms with van der Waals surface area (Å²) in [5, 5.41) is 5.34. The second-order valence-electron chi connectivity index (χ2n) is 5.89. The number of carbonyl (C=O) groups excluding carboxylic acids is 1. The molecule has 0 radical (unpaired) electrons. The number of hydrogen-bond acceptors (Lipinski definition) is 3. The van der Waals surface area contributed by atoms with Crippen molar-refractivity contribution in [3.05, 3.63) is 58.6 Å². The third kappa shape index (κ3) is 6.37. The van der Waals surface area contributed by atoms with Crippen LogP contribution >= 0.6 is 11.6 Å². The standard InChI is InChI=1S/C19H21ClF2N2O3/c1-12(14-5-3-4-6-15(14)20)23-11-18(25)24-10-13-7-8-16(27-19(21)22)17(9-13)26-2/h3-9,12,19,23H,10-11H2,1-2H3,(H,24,25)/p+1/t12-/m1/s1. The van der Waals surface area contributed by atoms with Gasteiger partial charge in [0.05, 0.1) is 7.11 Å². The average Bonchev–Trinajstić information content (AvgIpc) is 2.65. The molecule has 0 aromatic heterocycles. The van der Waals surface area contributed by atoms with E-state index in [2.05, 4.69) is 10.1 Å². The molecule has 0 aliphatic carbocycles. The van der Waals surface area contributed by atoms with Crippen molar-refractivity contribution in [1.29, 1.82) is 0 Å². The predicted molar refractivity (Wildman–Crippen MR) is 98.1 cm³/mol. The van der Waals surface area contributed by atoms with E-state index in [0.717, 1.165) is 5.56 Å². The van der Waals surface area contributed by atoms with Crippen LogP contribution in [0.3, 0.4) is 0 Å². The van der Waals surface area contributed by atoms with Crippen LogP contribution in [0.4, 0.5) is 8.78 Å². The van der Waals surface area contributed by atoms with Crippen LogP contribution in [0.5, 0.6) is 11.5 Å².